The van der Waals surface area contributed by atoms with E-state index in [2.05, 4.69) is 19.0 Å². The van der Waals surface area contributed by atoms with E-state index in [4.69, 9.17) is 5.21 Å². The Morgan fingerprint density at radius 1 is 1.36 bits per heavy atom. The SMILES string of the molecule is CC(C)C1CCC(=NO)CC1. The first-order chi connectivity index (χ1) is 5.24. The highest BCUT2D eigenvalue weighted by Crippen LogP contribution is 2.28. The van der Waals surface area contributed by atoms with Crippen LogP contribution in [0.1, 0.15) is 39.5 Å². The summed E-state index contributed by atoms with van der Waals surface area (Å²) < 4.78 is 0. The molecule has 0 saturated heterocycles. The first kappa shape index (κ1) is 8.57. The summed E-state index contributed by atoms with van der Waals surface area (Å²) >= 11 is 0. The summed E-state index contributed by atoms with van der Waals surface area (Å²) in [6.07, 6.45) is 4.41. The van der Waals surface area contributed by atoms with Crippen LogP contribution in [0.3, 0.4) is 0 Å². The number of hydrogen-bond donors (Lipinski definition) is 1. The van der Waals surface area contributed by atoms with E-state index >= 15 is 0 Å². The van der Waals surface area contributed by atoms with Crippen molar-refractivity contribution in [2.24, 2.45) is 17.0 Å². The Balaban J connectivity index is 2.36. The number of nitrogens with zero attached hydrogens (tertiary/aromatic N) is 1. The van der Waals surface area contributed by atoms with Gasteiger partial charge in [-0.3, -0.25) is 0 Å². The highest BCUT2D eigenvalue weighted by molar-refractivity contribution is 5.84. The second-order valence-electron chi connectivity index (χ2n) is 3.75. The molecule has 1 fully saturated rings. The van der Waals surface area contributed by atoms with E-state index in [0.29, 0.717) is 0 Å². The molecule has 0 aromatic heterocycles. The monoisotopic (exact) mass is 155 g/mol. The molecule has 1 N–H and O–H groups in total. The van der Waals surface area contributed by atoms with Crippen molar-refractivity contribution in [3.8, 4) is 0 Å². The molecule has 1 saturated carbocycles. The molecule has 0 bridgehead atoms. The topological polar surface area (TPSA) is 32.6 Å². The van der Waals surface area contributed by atoms with Gasteiger partial charge in [-0.1, -0.05) is 19.0 Å². The summed E-state index contributed by atoms with van der Waals surface area (Å²) in [4.78, 5) is 0. The molecule has 2 nitrogen and oxygen atoms in total. The first-order valence-electron chi connectivity index (χ1n) is 4.44. The van der Waals surface area contributed by atoms with Gasteiger partial charge in [-0.15, -0.1) is 0 Å². The van der Waals surface area contributed by atoms with Crippen LogP contribution < -0.4 is 0 Å². The average molecular weight is 155 g/mol. The van der Waals surface area contributed by atoms with E-state index in [1.165, 1.54) is 12.8 Å². The molecule has 0 amide bonds. The van der Waals surface area contributed by atoms with Crippen LogP contribution in [0.5, 0.6) is 0 Å². The summed E-state index contributed by atoms with van der Waals surface area (Å²) in [6, 6.07) is 0. The second kappa shape index (κ2) is 3.74. The summed E-state index contributed by atoms with van der Waals surface area (Å²) in [5.74, 6) is 1.63. The molecule has 0 aliphatic heterocycles. The fraction of sp³-hybridized carbons (Fsp3) is 0.889. The third-order valence-electron chi connectivity index (χ3n) is 2.69. The molecule has 0 aromatic rings. The molecule has 0 unspecified atom stereocenters. The Kier molecular flexibility index (Phi) is 2.92. The third-order valence-corrected chi connectivity index (χ3v) is 2.69. The summed E-state index contributed by atoms with van der Waals surface area (Å²) in [6.45, 7) is 4.54. The average Bonchev–Trinajstić information content (AvgIpc) is 2.05. The van der Waals surface area contributed by atoms with E-state index in [-0.39, 0.29) is 0 Å². The number of hydrogen-bond acceptors (Lipinski definition) is 2. The van der Waals surface area contributed by atoms with Crippen LogP contribution in [0.2, 0.25) is 0 Å². The maximum Gasteiger partial charge on any atom is 0.0571 e. The molecule has 0 heterocycles. The number of rotatable bonds is 1. The Morgan fingerprint density at radius 3 is 2.27 bits per heavy atom. The van der Waals surface area contributed by atoms with E-state index in [0.717, 1.165) is 30.4 Å². The standard InChI is InChI=1S/C9H17NO/c1-7(2)8-3-5-9(10-11)6-4-8/h7-8,11H,3-6H2,1-2H3. The maximum absolute atomic E-state index is 8.50. The largest absolute Gasteiger partial charge is 0.411 e. The van der Waals surface area contributed by atoms with Crippen molar-refractivity contribution in [2.45, 2.75) is 39.5 Å². The zero-order valence-electron chi connectivity index (χ0n) is 7.38. The van der Waals surface area contributed by atoms with E-state index in [1.54, 1.807) is 0 Å². The zero-order valence-corrected chi connectivity index (χ0v) is 7.38. The summed E-state index contributed by atoms with van der Waals surface area (Å²) in [5.41, 5.74) is 0.988. The van der Waals surface area contributed by atoms with E-state index in [1.807, 2.05) is 0 Å². The van der Waals surface area contributed by atoms with Crippen LogP contribution in [0.15, 0.2) is 5.16 Å². The molecule has 11 heavy (non-hydrogen) atoms. The van der Waals surface area contributed by atoms with Gasteiger partial charge in [0.25, 0.3) is 0 Å². The molecule has 64 valence electrons. The van der Waals surface area contributed by atoms with Gasteiger partial charge in [-0.2, -0.15) is 0 Å². The lowest BCUT2D eigenvalue weighted by molar-refractivity contribution is 0.297. The fourth-order valence-corrected chi connectivity index (χ4v) is 1.74. The van der Waals surface area contributed by atoms with Crippen LogP contribution in [-0.4, -0.2) is 10.9 Å². The van der Waals surface area contributed by atoms with Crippen LogP contribution in [0, 0.1) is 11.8 Å². The summed E-state index contributed by atoms with van der Waals surface area (Å²) in [5, 5.41) is 11.8. The van der Waals surface area contributed by atoms with Gasteiger partial charge in [-0.05, 0) is 37.5 Å². The minimum Gasteiger partial charge on any atom is -0.411 e. The first-order valence-corrected chi connectivity index (χ1v) is 4.44. The Hall–Kier alpha value is -0.530. The maximum atomic E-state index is 8.50. The van der Waals surface area contributed by atoms with Crippen molar-refractivity contribution >= 4 is 5.71 Å². The van der Waals surface area contributed by atoms with Crippen molar-refractivity contribution in [1.82, 2.24) is 0 Å². The van der Waals surface area contributed by atoms with Gasteiger partial charge >= 0.3 is 0 Å². The summed E-state index contributed by atoms with van der Waals surface area (Å²) in [7, 11) is 0. The van der Waals surface area contributed by atoms with Crippen LogP contribution >= 0.6 is 0 Å². The van der Waals surface area contributed by atoms with Crippen molar-refractivity contribution < 1.29 is 5.21 Å². The second-order valence-corrected chi connectivity index (χ2v) is 3.75. The van der Waals surface area contributed by atoms with Crippen LogP contribution in [-0.2, 0) is 0 Å². The predicted molar refractivity (Wildman–Crippen MR) is 46.0 cm³/mol. The molecule has 1 aliphatic rings. The van der Waals surface area contributed by atoms with Crippen LogP contribution in [0.25, 0.3) is 0 Å². The Labute approximate surface area is 68.3 Å². The lowest BCUT2D eigenvalue weighted by Crippen LogP contribution is -2.18. The van der Waals surface area contributed by atoms with Crippen molar-refractivity contribution in [1.29, 1.82) is 0 Å². The van der Waals surface area contributed by atoms with Gasteiger partial charge in [0.05, 0.1) is 5.71 Å². The molecule has 1 rings (SSSR count). The molecular formula is C9H17NO. The lowest BCUT2D eigenvalue weighted by Gasteiger charge is -2.25. The van der Waals surface area contributed by atoms with Gasteiger partial charge in [-0.25, -0.2) is 0 Å². The van der Waals surface area contributed by atoms with Gasteiger partial charge in [0, 0.05) is 0 Å². The quantitative estimate of drug-likeness (QED) is 0.458. The normalized spacial score (nSPS) is 25.7. The zero-order chi connectivity index (χ0) is 8.27. The molecule has 2 heteroatoms. The fourth-order valence-electron chi connectivity index (χ4n) is 1.74. The molecule has 0 aromatic carbocycles. The van der Waals surface area contributed by atoms with E-state index < -0.39 is 0 Å². The van der Waals surface area contributed by atoms with Crippen molar-refractivity contribution in [2.75, 3.05) is 0 Å². The lowest BCUT2D eigenvalue weighted by atomic mass is 9.81. The van der Waals surface area contributed by atoms with Gasteiger partial charge in [0.1, 0.15) is 0 Å². The number of oxime groups is 1. The third kappa shape index (κ3) is 2.21. The molecule has 1 aliphatic carbocycles. The molecular weight excluding hydrogens is 138 g/mol. The Bertz CT molecular complexity index is 142. The smallest absolute Gasteiger partial charge is 0.0571 e. The minimum atomic E-state index is 0.787. The predicted octanol–water partition coefficient (Wildman–Crippen LogP) is 2.66. The molecule has 0 atom stereocenters. The highest BCUT2D eigenvalue weighted by atomic mass is 16.4. The van der Waals surface area contributed by atoms with Crippen molar-refractivity contribution in [3.63, 3.8) is 0 Å². The van der Waals surface area contributed by atoms with Gasteiger partial charge < -0.3 is 5.21 Å². The highest BCUT2D eigenvalue weighted by Gasteiger charge is 2.19. The van der Waals surface area contributed by atoms with Crippen LogP contribution in [0.4, 0.5) is 0 Å². The van der Waals surface area contributed by atoms with E-state index in [9.17, 15) is 0 Å². The van der Waals surface area contributed by atoms with Crippen molar-refractivity contribution in [3.05, 3.63) is 0 Å². The van der Waals surface area contributed by atoms with Gasteiger partial charge in [0.2, 0.25) is 0 Å². The Morgan fingerprint density at radius 2 is 1.91 bits per heavy atom. The minimum absolute atomic E-state index is 0.787. The van der Waals surface area contributed by atoms with Gasteiger partial charge in [0.15, 0.2) is 0 Å². The molecule has 0 radical (unpaired) electrons. The molecule has 0 spiro atoms.